The highest BCUT2D eigenvalue weighted by atomic mass is 32.1. The second kappa shape index (κ2) is 5.21. The molecular weight excluding hydrogens is 266 g/mol. The van der Waals surface area contributed by atoms with E-state index in [2.05, 4.69) is 51.8 Å². The molecule has 1 atom stereocenters. The summed E-state index contributed by atoms with van der Waals surface area (Å²) < 4.78 is 2.85. The van der Waals surface area contributed by atoms with Crippen molar-refractivity contribution < 1.29 is 0 Å². The minimum absolute atomic E-state index is 0.272. The summed E-state index contributed by atoms with van der Waals surface area (Å²) in [5.74, 6) is 0. The average Bonchev–Trinajstić information content (AvgIpc) is 2.74. The van der Waals surface area contributed by atoms with E-state index in [0.29, 0.717) is 0 Å². The molecule has 0 radical (unpaired) electrons. The molecule has 2 heterocycles. The van der Waals surface area contributed by atoms with E-state index < -0.39 is 0 Å². The fourth-order valence-corrected chi connectivity index (χ4v) is 2.95. The first-order valence-corrected chi connectivity index (χ1v) is 7.17. The Balaban J connectivity index is 2.01. The van der Waals surface area contributed by atoms with Crippen molar-refractivity contribution in [2.75, 3.05) is 0 Å². The highest BCUT2D eigenvalue weighted by molar-refractivity contribution is 7.71. The Morgan fingerprint density at radius 2 is 2.05 bits per heavy atom. The molecule has 1 N–H and O–H groups in total. The van der Waals surface area contributed by atoms with Crippen LogP contribution in [-0.2, 0) is 6.42 Å². The number of pyridine rings is 1. The highest BCUT2D eigenvalue weighted by Crippen LogP contribution is 2.21. The normalized spacial score (nSPS) is 12.7. The van der Waals surface area contributed by atoms with Gasteiger partial charge in [0.25, 0.3) is 0 Å². The molecule has 0 fully saturated rings. The molecule has 0 spiro atoms. The van der Waals surface area contributed by atoms with Crippen LogP contribution in [0.5, 0.6) is 0 Å². The molecule has 0 aliphatic heterocycles. The molecule has 0 saturated heterocycles. The third-order valence-corrected chi connectivity index (χ3v) is 3.81. The van der Waals surface area contributed by atoms with E-state index in [1.807, 2.05) is 19.2 Å². The van der Waals surface area contributed by atoms with Crippen molar-refractivity contribution in [2.45, 2.75) is 26.3 Å². The molecule has 3 aromatic rings. The number of imidazole rings is 1. The van der Waals surface area contributed by atoms with E-state index in [-0.39, 0.29) is 6.04 Å². The van der Waals surface area contributed by atoms with Crippen molar-refractivity contribution in [1.29, 1.82) is 0 Å². The van der Waals surface area contributed by atoms with Gasteiger partial charge in [-0.25, -0.2) is 4.98 Å². The lowest BCUT2D eigenvalue weighted by molar-refractivity contribution is 0.549. The first kappa shape index (κ1) is 13.1. The van der Waals surface area contributed by atoms with Crippen molar-refractivity contribution in [3.8, 4) is 0 Å². The Bertz CT molecular complexity index is 786. The van der Waals surface area contributed by atoms with Crippen molar-refractivity contribution in [2.24, 2.45) is 0 Å². The molecule has 3 nitrogen and oxygen atoms in total. The number of H-pyrrole nitrogens is 1. The first-order valence-electron chi connectivity index (χ1n) is 6.76. The van der Waals surface area contributed by atoms with Gasteiger partial charge in [0.2, 0.25) is 0 Å². The van der Waals surface area contributed by atoms with E-state index in [4.69, 9.17) is 12.2 Å². The standard InChI is InChI=1S/C16H17N3S/c1-11-8-14-15(17-10-11)19(16(20)18-14)12(2)9-13-6-4-3-5-7-13/h3-8,10,12H,9H2,1-2H3,(H,18,20). The summed E-state index contributed by atoms with van der Waals surface area (Å²) in [6.45, 7) is 4.21. The number of nitrogens with zero attached hydrogens (tertiary/aromatic N) is 2. The Kier molecular flexibility index (Phi) is 3.40. The van der Waals surface area contributed by atoms with Crippen molar-refractivity contribution in [3.05, 3.63) is 58.5 Å². The molecule has 0 aliphatic rings. The number of benzene rings is 1. The summed E-state index contributed by atoms with van der Waals surface area (Å²) in [5.41, 5.74) is 4.39. The molecule has 3 rings (SSSR count). The van der Waals surface area contributed by atoms with Crippen LogP contribution in [0.15, 0.2) is 42.6 Å². The summed E-state index contributed by atoms with van der Waals surface area (Å²) in [6.07, 6.45) is 2.83. The van der Waals surface area contributed by atoms with Crippen LogP contribution in [0.1, 0.15) is 24.1 Å². The van der Waals surface area contributed by atoms with Crippen LogP contribution >= 0.6 is 12.2 Å². The number of hydrogen-bond acceptors (Lipinski definition) is 2. The van der Waals surface area contributed by atoms with Gasteiger partial charge in [0.1, 0.15) is 0 Å². The topological polar surface area (TPSA) is 33.6 Å². The molecule has 20 heavy (non-hydrogen) atoms. The van der Waals surface area contributed by atoms with Crippen LogP contribution in [0.4, 0.5) is 0 Å². The molecule has 0 saturated carbocycles. The SMILES string of the molecule is Cc1cnc2c(c1)[nH]c(=S)n2C(C)Cc1ccccc1. The molecular formula is C16H17N3S. The molecule has 1 unspecified atom stereocenters. The van der Waals surface area contributed by atoms with Crippen molar-refractivity contribution in [3.63, 3.8) is 0 Å². The van der Waals surface area contributed by atoms with E-state index in [1.54, 1.807) is 0 Å². The maximum atomic E-state index is 5.46. The fourth-order valence-electron chi connectivity index (χ4n) is 2.57. The Labute approximate surface area is 123 Å². The van der Waals surface area contributed by atoms with Gasteiger partial charge < -0.3 is 4.98 Å². The lowest BCUT2D eigenvalue weighted by Crippen LogP contribution is -2.09. The van der Waals surface area contributed by atoms with E-state index in [1.165, 1.54) is 5.56 Å². The predicted octanol–water partition coefficient (Wildman–Crippen LogP) is 4.21. The monoisotopic (exact) mass is 283 g/mol. The Morgan fingerprint density at radius 3 is 2.80 bits per heavy atom. The minimum atomic E-state index is 0.272. The van der Waals surface area contributed by atoms with E-state index >= 15 is 0 Å². The molecule has 4 heteroatoms. The first-order chi connectivity index (χ1) is 9.65. The van der Waals surface area contributed by atoms with Crippen LogP contribution in [-0.4, -0.2) is 14.5 Å². The van der Waals surface area contributed by atoms with Gasteiger partial charge in [0.05, 0.1) is 5.52 Å². The quantitative estimate of drug-likeness (QED) is 0.731. The third-order valence-electron chi connectivity index (χ3n) is 3.51. The van der Waals surface area contributed by atoms with E-state index in [0.717, 1.165) is 27.9 Å². The van der Waals surface area contributed by atoms with Gasteiger partial charge >= 0.3 is 0 Å². The van der Waals surface area contributed by atoms with E-state index in [9.17, 15) is 0 Å². The summed E-state index contributed by atoms with van der Waals surface area (Å²) >= 11 is 5.46. The highest BCUT2D eigenvalue weighted by Gasteiger charge is 2.12. The summed E-state index contributed by atoms with van der Waals surface area (Å²) in [4.78, 5) is 7.78. The number of aryl methyl sites for hydroxylation is 1. The number of hydrogen-bond donors (Lipinski definition) is 1. The average molecular weight is 283 g/mol. The fraction of sp³-hybridized carbons (Fsp3) is 0.250. The van der Waals surface area contributed by atoms with Crippen molar-refractivity contribution in [1.82, 2.24) is 14.5 Å². The lowest BCUT2D eigenvalue weighted by Gasteiger charge is -2.14. The maximum Gasteiger partial charge on any atom is 0.179 e. The number of rotatable bonds is 3. The molecule has 0 bridgehead atoms. The van der Waals surface area contributed by atoms with Crippen LogP contribution in [0.2, 0.25) is 0 Å². The zero-order valence-corrected chi connectivity index (χ0v) is 12.4. The van der Waals surface area contributed by atoms with Gasteiger partial charge in [0, 0.05) is 12.2 Å². The molecule has 102 valence electrons. The van der Waals surface area contributed by atoms with Gasteiger partial charge in [-0.1, -0.05) is 30.3 Å². The zero-order chi connectivity index (χ0) is 14.1. The van der Waals surface area contributed by atoms with Crippen LogP contribution in [0.3, 0.4) is 0 Å². The second-order valence-electron chi connectivity index (χ2n) is 5.22. The van der Waals surface area contributed by atoms with Crippen molar-refractivity contribution >= 4 is 23.4 Å². The van der Waals surface area contributed by atoms with Gasteiger partial charge in [-0.05, 0) is 49.7 Å². The largest absolute Gasteiger partial charge is 0.329 e. The molecule has 0 aliphatic carbocycles. The maximum absolute atomic E-state index is 5.46. The smallest absolute Gasteiger partial charge is 0.179 e. The Morgan fingerprint density at radius 1 is 1.30 bits per heavy atom. The third kappa shape index (κ3) is 2.39. The lowest BCUT2D eigenvalue weighted by atomic mass is 10.1. The van der Waals surface area contributed by atoms with Crippen LogP contribution in [0.25, 0.3) is 11.2 Å². The second-order valence-corrected chi connectivity index (χ2v) is 5.61. The van der Waals surface area contributed by atoms with Crippen LogP contribution < -0.4 is 0 Å². The molecule has 1 aromatic carbocycles. The Hall–Kier alpha value is -1.94. The summed E-state index contributed by atoms with van der Waals surface area (Å²) in [5, 5.41) is 0. The number of fused-ring (bicyclic) bond motifs is 1. The number of aromatic nitrogens is 3. The molecule has 0 amide bonds. The number of aromatic amines is 1. The molecule has 2 aromatic heterocycles. The number of nitrogens with one attached hydrogen (secondary N) is 1. The summed E-state index contributed by atoms with van der Waals surface area (Å²) in [6, 6.07) is 12.8. The summed E-state index contributed by atoms with van der Waals surface area (Å²) in [7, 11) is 0. The van der Waals surface area contributed by atoms with Gasteiger partial charge in [-0.15, -0.1) is 0 Å². The van der Waals surface area contributed by atoms with Gasteiger partial charge in [0.15, 0.2) is 10.4 Å². The zero-order valence-electron chi connectivity index (χ0n) is 11.6. The van der Waals surface area contributed by atoms with Gasteiger partial charge in [-0.2, -0.15) is 0 Å². The minimum Gasteiger partial charge on any atom is -0.329 e. The predicted molar refractivity (Wildman–Crippen MR) is 84.5 cm³/mol. The van der Waals surface area contributed by atoms with Gasteiger partial charge in [-0.3, -0.25) is 4.57 Å². The van der Waals surface area contributed by atoms with Crippen LogP contribution in [0, 0.1) is 11.7 Å².